The molecule has 0 saturated carbocycles. The van der Waals surface area contributed by atoms with E-state index in [-0.39, 0.29) is 11.7 Å². The van der Waals surface area contributed by atoms with Crippen molar-refractivity contribution >= 4 is 11.5 Å². The molecular formula is C13H18N2O. The zero-order chi connectivity index (χ0) is 11.5. The summed E-state index contributed by atoms with van der Waals surface area (Å²) in [7, 11) is 3.93. The molecule has 0 aliphatic carbocycles. The van der Waals surface area contributed by atoms with Gasteiger partial charge in [0.25, 0.3) is 0 Å². The van der Waals surface area contributed by atoms with Crippen LogP contribution in [0.3, 0.4) is 0 Å². The van der Waals surface area contributed by atoms with Gasteiger partial charge in [0.05, 0.1) is 0 Å². The number of rotatable bonds is 3. The molecule has 86 valence electrons. The quantitative estimate of drug-likeness (QED) is 0.786. The highest BCUT2D eigenvalue weighted by molar-refractivity contribution is 5.98. The van der Waals surface area contributed by atoms with Crippen LogP contribution in [0.5, 0.6) is 0 Å². The summed E-state index contributed by atoms with van der Waals surface area (Å²) in [6, 6.07) is 7.73. The maximum absolute atomic E-state index is 12.2. The maximum Gasteiger partial charge on any atom is 0.167 e. The highest BCUT2D eigenvalue weighted by Crippen LogP contribution is 2.21. The van der Waals surface area contributed by atoms with Gasteiger partial charge in [-0.2, -0.15) is 0 Å². The van der Waals surface area contributed by atoms with Crippen LogP contribution in [-0.4, -0.2) is 37.9 Å². The third kappa shape index (κ3) is 2.25. The van der Waals surface area contributed by atoms with Crippen LogP contribution < -0.4 is 5.32 Å². The Hall–Kier alpha value is -1.35. The molecule has 3 heteroatoms. The van der Waals surface area contributed by atoms with E-state index in [0.29, 0.717) is 0 Å². The van der Waals surface area contributed by atoms with Crippen LogP contribution in [0.2, 0.25) is 0 Å². The van der Waals surface area contributed by atoms with Crippen molar-refractivity contribution in [3.8, 4) is 0 Å². The fraction of sp³-hybridized carbons (Fsp3) is 0.462. The predicted octanol–water partition coefficient (Wildman–Crippen LogP) is 1.86. The summed E-state index contributed by atoms with van der Waals surface area (Å²) in [5, 5.41) is 3.06. The molecule has 1 saturated heterocycles. The third-order valence-corrected chi connectivity index (χ3v) is 3.20. The first-order chi connectivity index (χ1) is 7.70. The van der Waals surface area contributed by atoms with Gasteiger partial charge in [-0.05, 0) is 32.1 Å². The highest BCUT2D eigenvalue weighted by Gasteiger charge is 2.26. The van der Waals surface area contributed by atoms with Crippen LogP contribution in [0.4, 0.5) is 5.69 Å². The second-order valence-electron chi connectivity index (χ2n) is 4.44. The highest BCUT2D eigenvalue weighted by atomic mass is 16.1. The van der Waals surface area contributed by atoms with Gasteiger partial charge in [0.15, 0.2) is 5.78 Å². The molecule has 1 N–H and O–H groups in total. The van der Waals surface area contributed by atoms with Gasteiger partial charge in [-0.3, -0.25) is 4.79 Å². The van der Waals surface area contributed by atoms with E-state index >= 15 is 0 Å². The second kappa shape index (κ2) is 4.66. The first kappa shape index (κ1) is 11.1. The minimum Gasteiger partial charge on any atom is -0.388 e. The van der Waals surface area contributed by atoms with Crippen LogP contribution >= 0.6 is 0 Å². The summed E-state index contributed by atoms with van der Waals surface area (Å²) in [6.07, 6.45) is 0.985. The summed E-state index contributed by atoms with van der Waals surface area (Å²) in [6.45, 7) is 1.92. The lowest BCUT2D eigenvalue weighted by Crippen LogP contribution is -2.19. The minimum atomic E-state index is 0.178. The summed E-state index contributed by atoms with van der Waals surface area (Å²) >= 11 is 0. The Morgan fingerprint density at radius 1 is 1.50 bits per heavy atom. The van der Waals surface area contributed by atoms with Gasteiger partial charge in [0.1, 0.15) is 0 Å². The molecule has 0 bridgehead atoms. The Balaban J connectivity index is 2.14. The fourth-order valence-corrected chi connectivity index (χ4v) is 2.21. The number of nitrogens with zero attached hydrogens (tertiary/aromatic N) is 1. The first-order valence-electron chi connectivity index (χ1n) is 5.71. The molecule has 0 radical (unpaired) electrons. The van der Waals surface area contributed by atoms with Crippen molar-refractivity contribution in [1.82, 2.24) is 4.90 Å². The van der Waals surface area contributed by atoms with Gasteiger partial charge in [-0.15, -0.1) is 0 Å². The van der Waals surface area contributed by atoms with Crippen LogP contribution in [-0.2, 0) is 0 Å². The molecule has 1 aliphatic heterocycles. The Morgan fingerprint density at radius 3 is 2.94 bits per heavy atom. The molecule has 3 nitrogen and oxygen atoms in total. The number of carbonyl (C=O) groups is 1. The smallest absolute Gasteiger partial charge is 0.167 e. The standard InChI is InChI=1S/C13H18N2O/c1-14-12-5-3-4-10(8-12)13(16)11-6-7-15(2)9-11/h3-5,8,11,14H,6-7,9H2,1-2H3. The van der Waals surface area contributed by atoms with Crippen molar-refractivity contribution in [2.45, 2.75) is 6.42 Å². The van der Waals surface area contributed by atoms with Gasteiger partial charge >= 0.3 is 0 Å². The number of hydrogen-bond acceptors (Lipinski definition) is 3. The van der Waals surface area contributed by atoms with E-state index in [1.807, 2.05) is 31.3 Å². The first-order valence-corrected chi connectivity index (χ1v) is 5.71. The van der Waals surface area contributed by atoms with Crippen molar-refractivity contribution in [3.05, 3.63) is 29.8 Å². The molecule has 2 rings (SSSR count). The number of nitrogens with one attached hydrogen (secondary N) is 1. The number of carbonyl (C=O) groups excluding carboxylic acids is 1. The lowest BCUT2D eigenvalue weighted by Gasteiger charge is -2.10. The van der Waals surface area contributed by atoms with Crippen LogP contribution in [0.1, 0.15) is 16.8 Å². The average Bonchev–Trinajstić information content (AvgIpc) is 2.75. The lowest BCUT2D eigenvalue weighted by atomic mass is 9.97. The van der Waals surface area contributed by atoms with Gasteiger partial charge in [-0.25, -0.2) is 0 Å². The van der Waals surface area contributed by atoms with Crippen molar-refractivity contribution in [3.63, 3.8) is 0 Å². The Kier molecular flexibility index (Phi) is 3.25. The van der Waals surface area contributed by atoms with E-state index in [1.165, 1.54) is 0 Å². The molecule has 1 aliphatic rings. The molecule has 1 atom stereocenters. The molecule has 1 heterocycles. The zero-order valence-corrected chi connectivity index (χ0v) is 9.86. The second-order valence-corrected chi connectivity index (χ2v) is 4.44. The van der Waals surface area contributed by atoms with Crippen molar-refractivity contribution in [2.24, 2.45) is 5.92 Å². The lowest BCUT2D eigenvalue weighted by molar-refractivity contribution is 0.0924. The molecule has 16 heavy (non-hydrogen) atoms. The fourth-order valence-electron chi connectivity index (χ4n) is 2.21. The molecule has 1 unspecified atom stereocenters. The van der Waals surface area contributed by atoms with E-state index < -0.39 is 0 Å². The molecule has 0 spiro atoms. The van der Waals surface area contributed by atoms with Gasteiger partial charge < -0.3 is 10.2 Å². The molecule has 1 aromatic rings. The van der Waals surface area contributed by atoms with Gasteiger partial charge in [0, 0.05) is 30.8 Å². The van der Waals surface area contributed by atoms with Crippen LogP contribution in [0, 0.1) is 5.92 Å². The number of ketones is 1. The normalized spacial score (nSPS) is 21.0. The Morgan fingerprint density at radius 2 is 2.31 bits per heavy atom. The van der Waals surface area contributed by atoms with Crippen molar-refractivity contribution in [1.29, 1.82) is 0 Å². The van der Waals surface area contributed by atoms with Crippen LogP contribution in [0.15, 0.2) is 24.3 Å². The number of Topliss-reactive ketones (excluding diaryl/α,β-unsaturated/α-hetero) is 1. The summed E-state index contributed by atoms with van der Waals surface area (Å²) in [5.74, 6) is 0.457. The van der Waals surface area contributed by atoms with Gasteiger partial charge in [0.2, 0.25) is 0 Å². The maximum atomic E-state index is 12.2. The number of benzene rings is 1. The number of likely N-dealkylation sites (tertiary alicyclic amines) is 1. The summed E-state index contributed by atoms with van der Waals surface area (Å²) in [5.41, 5.74) is 1.82. The van der Waals surface area contributed by atoms with E-state index in [0.717, 1.165) is 30.8 Å². The third-order valence-electron chi connectivity index (χ3n) is 3.20. The Bertz CT molecular complexity index is 389. The molecular weight excluding hydrogens is 200 g/mol. The van der Waals surface area contributed by atoms with Gasteiger partial charge in [-0.1, -0.05) is 12.1 Å². The van der Waals surface area contributed by atoms with E-state index in [4.69, 9.17) is 0 Å². The average molecular weight is 218 g/mol. The van der Waals surface area contributed by atoms with Crippen molar-refractivity contribution < 1.29 is 4.79 Å². The summed E-state index contributed by atoms with van der Waals surface area (Å²) in [4.78, 5) is 14.4. The van der Waals surface area contributed by atoms with E-state index in [2.05, 4.69) is 17.3 Å². The summed E-state index contributed by atoms with van der Waals surface area (Å²) < 4.78 is 0. The van der Waals surface area contributed by atoms with Crippen LogP contribution in [0.25, 0.3) is 0 Å². The van der Waals surface area contributed by atoms with E-state index in [9.17, 15) is 4.79 Å². The largest absolute Gasteiger partial charge is 0.388 e. The van der Waals surface area contributed by atoms with E-state index in [1.54, 1.807) is 0 Å². The monoisotopic (exact) mass is 218 g/mol. The topological polar surface area (TPSA) is 32.3 Å². The predicted molar refractivity (Wildman–Crippen MR) is 65.9 cm³/mol. The molecule has 0 aromatic heterocycles. The molecule has 0 amide bonds. The SMILES string of the molecule is CNc1cccc(C(=O)C2CCN(C)C2)c1. The molecule has 1 fully saturated rings. The van der Waals surface area contributed by atoms with Crippen molar-refractivity contribution in [2.75, 3.05) is 32.5 Å². The molecule has 1 aromatic carbocycles. The zero-order valence-electron chi connectivity index (χ0n) is 9.86. The minimum absolute atomic E-state index is 0.178. The number of anilines is 1. The Labute approximate surface area is 96.5 Å². The number of hydrogen-bond donors (Lipinski definition) is 1.